The summed E-state index contributed by atoms with van der Waals surface area (Å²) in [6.45, 7) is 4.61. The summed E-state index contributed by atoms with van der Waals surface area (Å²) in [6.07, 6.45) is 2.58. The number of carbonyl (C=O) groups excluding carboxylic acids is 2. The highest BCUT2D eigenvalue weighted by molar-refractivity contribution is 5.93. The van der Waals surface area contributed by atoms with Gasteiger partial charge in [0.15, 0.2) is 0 Å². The number of nitrogens with one attached hydrogen (secondary N) is 1. The fourth-order valence-corrected chi connectivity index (χ4v) is 2.42. The third-order valence-corrected chi connectivity index (χ3v) is 4.12. The van der Waals surface area contributed by atoms with Gasteiger partial charge in [0, 0.05) is 32.7 Å². The zero-order valence-electron chi connectivity index (χ0n) is 14.7. The third kappa shape index (κ3) is 6.13. The van der Waals surface area contributed by atoms with Gasteiger partial charge in [-0.1, -0.05) is 12.1 Å². The zero-order chi connectivity index (χ0) is 16.8. The molecule has 6 heteroatoms. The molecular weight excluding hydrogens is 326 g/mol. The van der Waals surface area contributed by atoms with E-state index in [1.807, 2.05) is 36.1 Å². The molecule has 1 N–H and O–H groups in total. The average molecular weight is 354 g/mol. The number of amides is 2. The van der Waals surface area contributed by atoms with Gasteiger partial charge in [0.2, 0.25) is 5.91 Å². The summed E-state index contributed by atoms with van der Waals surface area (Å²) < 4.78 is 0. The van der Waals surface area contributed by atoms with Crippen LogP contribution in [0.15, 0.2) is 24.3 Å². The molecule has 0 unspecified atom stereocenters. The molecule has 0 radical (unpaired) electrons. The van der Waals surface area contributed by atoms with Crippen LogP contribution < -0.4 is 5.32 Å². The Kier molecular flexibility index (Phi) is 8.22. The van der Waals surface area contributed by atoms with Crippen LogP contribution in [0.5, 0.6) is 0 Å². The van der Waals surface area contributed by atoms with E-state index < -0.39 is 0 Å². The number of halogens is 1. The fraction of sp³-hybridized carbons (Fsp3) is 0.556. The second-order valence-corrected chi connectivity index (χ2v) is 6.38. The summed E-state index contributed by atoms with van der Waals surface area (Å²) in [6, 6.07) is 7.48. The van der Waals surface area contributed by atoms with Gasteiger partial charge in [0.25, 0.3) is 5.91 Å². The van der Waals surface area contributed by atoms with E-state index in [0.29, 0.717) is 25.2 Å². The SMILES string of the molecule is CCN(Cc1ccc(C(=O)N(C)C)cc1)C(=O)CNCC1CC1.Cl. The van der Waals surface area contributed by atoms with Crippen LogP contribution in [-0.2, 0) is 11.3 Å². The van der Waals surface area contributed by atoms with Crippen molar-refractivity contribution < 1.29 is 9.59 Å². The Balaban J connectivity index is 0.00000288. The summed E-state index contributed by atoms with van der Waals surface area (Å²) in [5.74, 6) is 0.894. The van der Waals surface area contributed by atoms with Crippen molar-refractivity contribution in [3.63, 3.8) is 0 Å². The molecule has 1 aliphatic carbocycles. The molecule has 0 bridgehead atoms. The van der Waals surface area contributed by atoms with Gasteiger partial charge in [-0.25, -0.2) is 0 Å². The maximum absolute atomic E-state index is 12.2. The van der Waals surface area contributed by atoms with Crippen molar-refractivity contribution >= 4 is 24.2 Å². The van der Waals surface area contributed by atoms with Crippen molar-refractivity contribution in [3.05, 3.63) is 35.4 Å². The van der Waals surface area contributed by atoms with E-state index >= 15 is 0 Å². The third-order valence-electron chi connectivity index (χ3n) is 4.12. The minimum Gasteiger partial charge on any atom is -0.345 e. The number of benzene rings is 1. The van der Waals surface area contributed by atoms with Crippen LogP contribution in [0.1, 0.15) is 35.7 Å². The van der Waals surface area contributed by atoms with Crippen molar-refractivity contribution in [3.8, 4) is 0 Å². The molecule has 24 heavy (non-hydrogen) atoms. The highest BCUT2D eigenvalue weighted by Crippen LogP contribution is 2.27. The Morgan fingerprint density at radius 2 is 1.79 bits per heavy atom. The summed E-state index contributed by atoms with van der Waals surface area (Å²) >= 11 is 0. The monoisotopic (exact) mass is 353 g/mol. The van der Waals surface area contributed by atoms with Gasteiger partial charge in [-0.15, -0.1) is 12.4 Å². The van der Waals surface area contributed by atoms with Crippen molar-refractivity contribution in [1.82, 2.24) is 15.1 Å². The summed E-state index contributed by atoms with van der Waals surface area (Å²) in [7, 11) is 3.48. The molecule has 1 fully saturated rings. The molecule has 2 rings (SSSR count). The molecule has 0 aromatic heterocycles. The maximum atomic E-state index is 12.2. The number of rotatable bonds is 8. The quantitative estimate of drug-likeness (QED) is 0.779. The Bertz CT molecular complexity index is 542. The molecule has 0 saturated heterocycles. The molecule has 5 nitrogen and oxygen atoms in total. The molecule has 1 saturated carbocycles. The van der Waals surface area contributed by atoms with E-state index in [1.165, 1.54) is 12.8 Å². The van der Waals surface area contributed by atoms with Crippen LogP contribution in [0, 0.1) is 5.92 Å². The predicted molar refractivity (Wildman–Crippen MR) is 98.4 cm³/mol. The summed E-state index contributed by atoms with van der Waals surface area (Å²) in [5, 5.41) is 3.24. The average Bonchev–Trinajstić information content (AvgIpc) is 3.36. The standard InChI is InChI=1S/C18H27N3O2.ClH/c1-4-21(17(22)12-19-11-14-5-6-14)13-15-7-9-16(10-8-15)18(23)20(2)3;/h7-10,14,19H,4-6,11-13H2,1-3H3;1H. The first-order valence-corrected chi connectivity index (χ1v) is 8.30. The molecule has 2 amide bonds. The van der Waals surface area contributed by atoms with Gasteiger partial charge in [0.1, 0.15) is 0 Å². The lowest BCUT2D eigenvalue weighted by molar-refractivity contribution is -0.130. The lowest BCUT2D eigenvalue weighted by Gasteiger charge is -2.21. The van der Waals surface area contributed by atoms with E-state index in [0.717, 1.165) is 18.0 Å². The Hall–Kier alpha value is -1.59. The second kappa shape index (κ2) is 9.64. The number of likely N-dealkylation sites (N-methyl/N-ethyl adjacent to an activating group) is 1. The van der Waals surface area contributed by atoms with E-state index in [1.54, 1.807) is 19.0 Å². The Morgan fingerprint density at radius 1 is 1.17 bits per heavy atom. The van der Waals surface area contributed by atoms with Gasteiger partial charge >= 0.3 is 0 Å². The zero-order valence-corrected chi connectivity index (χ0v) is 15.6. The smallest absolute Gasteiger partial charge is 0.253 e. The van der Waals surface area contributed by atoms with E-state index in [4.69, 9.17) is 0 Å². The largest absolute Gasteiger partial charge is 0.345 e. The topological polar surface area (TPSA) is 52.7 Å². The first kappa shape index (κ1) is 20.5. The minimum atomic E-state index is -0.00995. The van der Waals surface area contributed by atoms with Gasteiger partial charge in [0.05, 0.1) is 6.54 Å². The molecule has 0 spiro atoms. The molecule has 134 valence electrons. The van der Waals surface area contributed by atoms with Gasteiger partial charge < -0.3 is 15.1 Å². The Morgan fingerprint density at radius 3 is 2.29 bits per heavy atom. The molecule has 0 aliphatic heterocycles. The number of hydrogen-bond acceptors (Lipinski definition) is 3. The second-order valence-electron chi connectivity index (χ2n) is 6.38. The summed E-state index contributed by atoms with van der Waals surface area (Å²) in [5.41, 5.74) is 1.71. The first-order valence-electron chi connectivity index (χ1n) is 8.30. The lowest BCUT2D eigenvalue weighted by Crippen LogP contribution is -2.38. The highest BCUT2D eigenvalue weighted by Gasteiger charge is 2.21. The number of carbonyl (C=O) groups is 2. The lowest BCUT2D eigenvalue weighted by atomic mass is 10.1. The van der Waals surface area contributed by atoms with E-state index in [9.17, 15) is 9.59 Å². The molecule has 0 heterocycles. The summed E-state index contributed by atoms with van der Waals surface area (Å²) in [4.78, 5) is 27.5. The number of hydrogen-bond donors (Lipinski definition) is 1. The molecule has 1 aromatic carbocycles. The molecule has 0 atom stereocenters. The van der Waals surface area contributed by atoms with Crippen LogP contribution in [0.3, 0.4) is 0 Å². The maximum Gasteiger partial charge on any atom is 0.253 e. The van der Waals surface area contributed by atoms with Gasteiger partial charge in [-0.05, 0) is 49.9 Å². The minimum absolute atomic E-state index is 0. The first-order chi connectivity index (χ1) is 11.0. The number of nitrogens with zero attached hydrogens (tertiary/aromatic N) is 2. The predicted octanol–water partition coefficient (Wildman–Crippen LogP) is 2.16. The van der Waals surface area contributed by atoms with Crippen LogP contribution in [-0.4, -0.2) is 55.3 Å². The van der Waals surface area contributed by atoms with Crippen molar-refractivity contribution in [2.45, 2.75) is 26.3 Å². The fourth-order valence-electron chi connectivity index (χ4n) is 2.42. The molecule has 1 aromatic rings. The molecule has 1 aliphatic rings. The van der Waals surface area contributed by atoms with Crippen LogP contribution in [0.25, 0.3) is 0 Å². The van der Waals surface area contributed by atoms with Crippen molar-refractivity contribution in [1.29, 1.82) is 0 Å². The van der Waals surface area contributed by atoms with Crippen LogP contribution >= 0.6 is 12.4 Å². The Labute approximate surface area is 150 Å². The van der Waals surface area contributed by atoms with Crippen LogP contribution in [0.4, 0.5) is 0 Å². The highest BCUT2D eigenvalue weighted by atomic mass is 35.5. The van der Waals surface area contributed by atoms with Crippen molar-refractivity contribution in [2.75, 3.05) is 33.7 Å². The van der Waals surface area contributed by atoms with Gasteiger partial charge in [-0.3, -0.25) is 9.59 Å². The van der Waals surface area contributed by atoms with E-state index in [-0.39, 0.29) is 24.2 Å². The van der Waals surface area contributed by atoms with Gasteiger partial charge in [-0.2, -0.15) is 0 Å². The van der Waals surface area contributed by atoms with Crippen molar-refractivity contribution in [2.24, 2.45) is 5.92 Å². The molecular formula is C18H28ClN3O2. The normalized spacial score (nSPS) is 13.1. The van der Waals surface area contributed by atoms with Crippen LogP contribution in [0.2, 0.25) is 0 Å². The van der Waals surface area contributed by atoms with E-state index in [2.05, 4.69) is 5.32 Å².